The Kier molecular flexibility index (Phi) is 7.67. The number of nitrogen functional groups attached to an aromatic ring is 1. The van der Waals surface area contributed by atoms with Gasteiger partial charge in [-0.25, -0.2) is 19.2 Å². The molecule has 2 aromatic rings. The molecule has 0 saturated carbocycles. The van der Waals surface area contributed by atoms with Crippen molar-refractivity contribution in [1.29, 1.82) is 0 Å². The predicted molar refractivity (Wildman–Crippen MR) is 103 cm³/mol. The fourth-order valence-corrected chi connectivity index (χ4v) is 2.81. The van der Waals surface area contributed by atoms with Crippen LogP contribution in [0, 0.1) is 18.7 Å². The van der Waals surface area contributed by atoms with Gasteiger partial charge in [0.25, 0.3) is 0 Å². The van der Waals surface area contributed by atoms with Crippen LogP contribution in [0.3, 0.4) is 0 Å². The van der Waals surface area contributed by atoms with Crippen molar-refractivity contribution in [3.63, 3.8) is 0 Å². The predicted octanol–water partition coefficient (Wildman–Crippen LogP) is 2.89. The molecule has 0 amide bonds. The van der Waals surface area contributed by atoms with Crippen molar-refractivity contribution in [2.24, 2.45) is 5.92 Å². The Bertz CT molecular complexity index is 759. The van der Waals surface area contributed by atoms with Crippen LogP contribution in [0.2, 0.25) is 0 Å². The summed E-state index contributed by atoms with van der Waals surface area (Å²) in [7, 11) is 1.28. The Hall–Kier alpha value is -2.54. The molecular weight excluding hydrogens is 347 g/mol. The summed E-state index contributed by atoms with van der Waals surface area (Å²) in [4.78, 5) is 19.9. The number of methoxy groups -OCH3 is 1. The number of piperidine rings is 1. The number of nitrogens with two attached hydrogens (primary N) is 1. The van der Waals surface area contributed by atoms with E-state index in [0.29, 0.717) is 17.8 Å². The van der Waals surface area contributed by atoms with Crippen LogP contribution in [0.5, 0.6) is 0 Å². The number of rotatable bonds is 3. The second-order valence-electron chi connectivity index (χ2n) is 6.74. The third kappa shape index (κ3) is 6.29. The van der Waals surface area contributed by atoms with Crippen molar-refractivity contribution in [3.8, 4) is 0 Å². The molecule has 1 aliphatic rings. The smallest absolute Gasteiger partial charge is 0.358 e. The van der Waals surface area contributed by atoms with Crippen LogP contribution in [0.15, 0.2) is 24.3 Å². The minimum atomic E-state index is -0.560. The summed E-state index contributed by atoms with van der Waals surface area (Å²) in [5, 5.41) is 3.33. The van der Waals surface area contributed by atoms with Gasteiger partial charge in [0.2, 0.25) is 0 Å². The summed E-state index contributed by atoms with van der Waals surface area (Å²) in [5.74, 6) is 0.301. The van der Waals surface area contributed by atoms with E-state index in [1.807, 2.05) is 0 Å². The molecule has 1 atom stereocenters. The number of hydrogen-bond acceptors (Lipinski definition) is 6. The Morgan fingerprint density at radius 2 is 2.04 bits per heavy atom. The SMILES string of the molecule is CC1CCCNC1.COC(=O)c1nc(Cc2ccc(F)cc2)c(N)nc1C. The van der Waals surface area contributed by atoms with Crippen LogP contribution in [-0.4, -0.2) is 36.1 Å². The van der Waals surface area contributed by atoms with E-state index in [2.05, 4.69) is 26.9 Å². The number of benzene rings is 1. The highest BCUT2D eigenvalue weighted by atomic mass is 19.1. The summed E-state index contributed by atoms with van der Waals surface area (Å²) < 4.78 is 17.5. The first-order chi connectivity index (χ1) is 12.9. The summed E-state index contributed by atoms with van der Waals surface area (Å²) in [6.45, 7) is 6.41. The van der Waals surface area contributed by atoms with Crippen LogP contribution < -0.4 is 11.1 Å². The zero-order valence-electron chi connectivity index (χ0n) is 16.1. The van der Waals surface area contributed by atoms with Crippen molar-refractivity contribution in [1.82, 2.24) is 15.3 Å². The van der Waals surface area contributed by atoms with Gasteiger partial charge in [-0.3, -0.25) is 0 Å². The Morgan fingerprint density at radius 3 is 2.56 bits per heavy atom. The minimum absolute atomic E-state index is 0.138. The molecule has 0 bridgehead atoms. The number of nitrogens with zero attached hydrogens (tertiary/aromatic N) is 2. The van der Waals surface area contributed by atoms with E-state index in [4.69, 9.17) is 5.73 Å². The van der Waals surface area contributed by atoms with Gasteiger partial charge in [0, 0.05) is 6.42 Å². The molecule has 0 aliphatic carbocycles. The van der Waals surface area contributed by atoms with Crippen LogP contribution >= 0.6 is 0 Å². The average molecular weight is 374 g/mol. The second-order valence-corrected chi connectivity index (χ2v) is 6.74. The van der Waals surface area contributed by atoms with Crippen molar-refractivity contribution < 1.29 is 13.9 Å². The van der Waals surface area contributed by atoms with Crippen molar-refractivity contribution in [2.75, 3.05) is 25.9 Å². The van der Waals surface area contributed by atoms with Gasteiger partial charge >= 0.3 is 5.97 Å². The normalized spacial score (nSPS) is 16.2. The van der Waals surface area contributed by atoms with Gasteiger partial charge in [0.1, 0.15) is 11.6 Å². The molecule has 7 heteroatoms. The molecule has 1 fully saturated rings. The number of hydrogen-bond donors (Lipinski definition) is 2. The molecule has 0 spiro atoms. The standard InChI is InChI=1S/C14H14FN3O2.C6H13N/c1-8-12(14(19)20-2)18-11(13(16)17-8)7-9-3-5-10(15)6-4-9;1-6-3-2-4-7-5-6/h3-6H,7H2,1-2H3,(H2,16,17);6-7H,2-5H2,1H3. The van der Waals surface area contributed by atoms with Gasteiger partial charge in [0.15, 0.2) is 5.69 Å². The van der Waals surface area contributed by atoms with E-state index in [9.17, 15) is 9.18 Å². The van der Waals surface area contributed by atoms with E-state index >= 15 is 0 Å². The van der Waals surface area contributed by atoms with E-state index in [0.717, 1.165) is 11.5 Å². The molecule has 1 aromatic carbocycles. The molecule has 2 heterocycles. The Labute approximate surface area is 159 Å². The molecule has 0 radical (unpaired) electrons. The molecular formula is C20H27FN4O2. The lowest BCUT2D eigenvalue weighted by Crippen LogP contribution is -2.27. The summed E-state index contributed by atoms with van der Waals surface area (Å²) in [6.07, 6.45) is 3.16. The fraction of sp³-hybridized carbons (Fsp3) is 0.450. The molecule has 146 valence electrons. The van der Waals surface area contributed by atoms with Gasteiger partial charge in [-0.2, -0.15) is 0 Å². The molecule has 1 saturated heterocycles. The van der Waals surface area contributed by atoms with E-state index in [1.165, 1.54) is 45.2 Å². The summed E-state index contributed by atoms with van der Waals surface area (Å²) in [5.41, 5.74) is 7.65. The number of carbonyl (C=O) groups is 1. The Morgan fingerprint density at radius 1 is 1.33 bits per heavy atom. The highest BCUT2D eigenvalue weighted by molar-refractivity contribution is 5.88. The molecule has 1 unspecified atom stereocenters. The zero-order valence-corrected chi connectivity index (χ0v) is 16.1. The lowest BCUT2D eigenvalue weighted by molar-refractivity contribution is 0.0592. The number of aromatic nitrogens is 2. The number of carbonyl (C=O) groups excluding carboxylic acids is 1. The lowest BCUT2D eigenvalue weighted by atomic mass is 10.0. The molecule has 27 heavy (non-hydrogen) atoms. The van der Waals surface area contributed by atoms with E-state index in [1.54, 1.807) is 19.1 Å². The first-order valence-electron chi connectivity index (χ1n) is 9.07. The van der Waals surface area contributed by atoms with Crippen LogP contribution in [0.4, 0.5) is 10.2 Å². The number of anilines is 1. The quantitative estimate of drug-likeness (QED) is 0.803. The fourth-order valence-electron chi connectivity index (χ4n) is 2.81. The average Bonchev–Trinajstić information content (AvgIpc) is 2.66. The van der Waals surface area contributed by atoms with E-state index < -0.39 is 5.97 Å². The second kappa shape index (κ2) is 9.97. The van der Waals surface area contributed by atoms with Gasteiger partial charge in [-0.05, 0) is 56.5 Å². The molecule has 6 nitrogen and oxygen atoms in total. The summed E-state index contributed by atoms with van der Waals surface area (Å²) >= 11 is 0. The zero-order chi connectivity index (χ0) is 19.8. The molecule has 3 rings (SSSR count). The van der Waals surface area contributed by atoms with E-state index in [-0.39, 0.29) is 17.3 Å². The van der Waals surface area contributed by atoms with Crippen molar-refractivity contribution >= 4 is 11.8 Å². The first-order valence-corrected chi connectivity index (χ1v) is 9.07. The number of aryl methyl sites for hydroxylation is 1. The number of halogens is 1. The minimum Gasteiger partial charge on any atom is -0.464 e. The van der Waals surface area contributed by atoms with Crippen molar-refractivity contribution in [3.05, 3.63) is 52.7 Å². The monoisotopic (exact) mass is 374 g/mol. The maximum absolute atomic E-state index is 12.9. The van der Waals surface area contributed by atoms with Crippen molar-refractivity contribution in [2.45, 2.75) is 33.1 Å². The maximum Gasteiger partial charge on any atom is 0.358 e. The number of ether oxygens (including phenoxy) is 1. The van der Waals surface area contributed by atoms with Crippen LogP contribution in [0.1, 0.15) is 47.2 Å². The van der Waals surface area contributed by atoms with Gasteiger partial charge in [-0.1, -0.05) is 19.1 Å². The number of nitrogens with one attached hydrogen (secondary N) is 1. The van der Waals surface area contributed by atoms with Gasteiger partial charge in [-0.15, -0.1) is 0 Å². The van der Waals surface area contributed by atoms with Crippen LogP contribution in [0.25, 0.3) is 0 Å². The third-order valence-corrected chi connectivity index (χ3v) is 4.38. The Balaban J connectivity index is 0.000000313. The third-order valence-electron chi connectivity index (χ3n) is 4.38. The lowest BCUT2D eigenvalue weighted by Gasteiger charge is -2.17. The molecule has 1 aromatic heterocycles. The first kappa shape index (κ1) is 20.8. The largest absolute Gasteiger partial charge is 0.464 e. The number of esters is 1. The topological polar surface area (TPSA) is 90.1 Å². The highest BCUT2D eigenvalue weighted by Gasteiger charge is 2.16. The summed E-state index contributed by atoms with van der Waals surface area (Å²) in [6, 6.07) is 5.98. The molecule has 1 aliphatic heterocycles. The van der Waals surface area contributed by atoms with Crippen LogP contribution in [-0.2, 0) is 11.2 Å². The van der Waals surface area contributed by atoms with Gasteiger partial charge in [0.05, 0.1) is 18.5 Å². The van der Waals surface area contributed by atoms with Gasteiger partial charge < -0.3 is 15.8 Å². The molecule has 3 N–H and O–H groups in total. The highest BCUT2D eigenvalue weighted by Crippen LogP contribution is 2.16. The maximum atomic E-state index is 12.9.